The van der Waals surface area contributed by atoms with E-state index in [0.717, 1.165) is 5.56 Å². The second kappa shape index (κ2) is 4.77. The molecule has 1 atom stereocenters. The zero-order valence-electron chi connectivity index (χ0n) is 8.10. The lowest BCUT2D eigenvalue weighted by atomic mass is 10.1. The molecule has 0 aliphatic rings. The van der Waals surface area contributed by atoms with Crippen molar-refractivity contribution in [1.29, 1.82) is 0 Å². The molecule has 1 unspecified atom stereocenters. The highest BCUT2D eigenvalue weighted by atomic mass is 35.5. The zero-order valence-corrected chi connectivity index (χ0v) is 9.73. The van der Waals surface area contributed by atoms with Crippen LogP contribution in [0.25, 0.3) is 0 Å². The monoisotopic (exact) mass is 235 g/mol. The van der Waals surface area contributed by atoms with Crippen LogP contribution in [0, 0.1) is 0 Å². The van der Waals surface area contributed by atoms with Gasteiger partial charge in [0.1, 0.15) is 0 Å². The number of rotatable bonds is 2. The molecule has 1 aromatic carbocycles. The van der Waals surface area contributed by atoms with Gasteiger partial charge in [-0.25, -0.2) is 8.42 Å². The normalized spacial score (nSPS) is 13.1. The Morgan fingerprint density at radius 1 is 1.36 bits per heavy atom. The summed E-state index contributed by atoms with van der Waals surface area (Å²) in [6, 6.07) is 6.57. The number of hydrogen-bond acceptors (Lipinski definition) is 3. The smallest absolute Gasteiger partial charge is 0.175 e. The largest absolute Gasteiger partial charge is 0.324 e. The van der Waals surface area contributed by atoms with Crippen LogP contribution in [0.2, 0.25) is 0 Å². The quantitative estimate of drug-likeness (QED) is 0.846. The topological polar surface area (TPSA) is 60.2 Å². The van der Waals surface area contributed by atoms with E-state index in [-0.39, 0.29) is 18.4 Å². The average molecular weight is 236 g/mol. The summed E-state index contributed by atoms with van der Waals surface area (Å²) >= 11 is 0. The standard InChI is InChI=1S/C9H13NO2S.ClH/c1-7(10)8-4-3-5-9(6-8)13(2,11)12;/h3-7H,10H2,1-2H3;1H. The highest BCUT2D eigenvalue weighted by Gasteiger charge is 2.08. The summed E-state index contributed by atoms with van der Waals surface area (Å²) in [6.45, 7) is 1.82. The molecule has 3 nitrogen and oxygen atoms in total. The molecular formula is C9H14ClNO2S. The first-order chi connectivity index (χ1) is 5.91. The van der Waals surface area contributed by atoms with Gasteiger partial charge in [0.15, 0.2) is 9.84 Å². The third-order valence-electron chi connectivity index (χ3n) is 1.81. The fourth-order valence-electron chi connectivity index (χ4n) is 1.03. The number of sulfone groups is 1. The van der Waals surface area contributed by atoms with Gasteiger partial charge in [0, 0.05) is 12.3 Å². The summed E-state index contributed by atoms with van der Waals surface area (Å²) < 4.78 is 22.3. The van der Waals surface area contributed by atoms with E-state index in [1.807, 2.05) is 13.0 Å². The van der Waals surface area contributed by atoms with Crippen molar-refractivity contribution in [3.8, 4) is 0 Å². The van der Waals surface area contributed by atoms with Crippen molar-refractivity contribution in [2.24, 2.45) is 5.73 Å². The first kappa shape index (κ1) is 13.4. The maximum absolute atomic E-state index is 11.2. The molecule has 80 valence electrons. The van der Waals surface area contributed by atoms with Gasteiger partial charge in [0.05, 0.1) is 4.90 Å². The van der Waals surface area contributed by atoms with Crippen molar-refractivity contribution in [1.82, 2.24) is 0 Å². The van der Waals surface area contributed by atoms with E-state index in [4.69, 9.17) is 5.73 Å². The second-order valence-corrected chi connectivity index (χ2v) is 5.15. The van der Waals surface area contributed by atoms with Gasteiger partial charge in [-0.15, -0.1) is 12.4 Å². The number of hydrogen-bond donors (Lipinski definition) is 1. The van der Waals surface area contributed by atoms with Crippen LogP contribution in [0.3, 0.4) is 0 Å². The number of benzene rings is 1. The first-order valence-electron chi connectivity index (χ1n) is 3.97. The van der Waals surface area contributed by atoms with Crippen LogP contribution in [0.1, 0.15) is 18.5 Å². The number of halogens is 1. The maximum atomic E-state index is 11.2. The van der Waals surface area contributed by atoms with Crippen LogP contribution in [0.4, 0.5) is 0 Å². The summed E-state index contributed by atoms with van der Waals surface area (Å²) in [5.74, 6) is 0. The molecule has 5 heteroatoms. The van der Waals surface area contributed by atoms with Gasteiger partial charge in [-0.1, -0.05) is 12.1 Å². The molecule has 0 amide bonds. The number of nitrogens with two attached hydrogens (primary N) is 1. The van der Waals surface area contributed by atoms with E-state index in [2.05, 4.69) is 0 Å². The molecule has 0 fully saturated rings. The Hall–Kier alpha value is -0.580. The summed E-state index contributed by atoms with van der Waals surface area (Å²) in [5, 5.41) is 0. The zero-order chi connectivity index (χ0) is 10.1. The Morgan fingerprint density at radius 2 is 1.93 bits per heavy atom. The van der Waals surface area contributed by atoms with E-state index in [1.54, 1.807) is 18.2 Å². The summed E-state index contributed by atoms with van der Waals surface area (Å²) in [6.07, 6.45) is 1.19. The molecule has 0 saturated carbocycles. The molecule has 1 rings (SSSR count). The van der Waals surface area contributed by atoms with Crippen molar-refractivity contribution in [3.63, 3.8) is 0 Å². The fraction of sp³-hybridized carbons (Fsp3) is 0.333. The van der Waals surface area contributed by atoms with Crippen molar-refractivity contribution < 1.29 is 8.42 Å². The van der Waals surface area contributed by atoms with Crippen molar-refractivity contribution >= 4 is 22.2 Å². The fourth-order valence-corrected chi connectivity index (χ4v) is 1.70. The van der Waals surface area contributed by atoms with E-state index in [9.17, 15) is 8.42 Å². The lowest BCUT2D eigenvalue weighted by Gasteiger charge is -2.06. The molecule has 0 aromatic heterocycles. The molecule has 1 aromatic rings. The van der Waals surface area contributed by atoms with Crippen molar-refractivity contribution in [2.45, 2.75) is 17.9 Å². The minimum Gasteiger partial charge on any atom is -0.324 e. The molecule has 0 bridgehead atoms. The molecule has 0 aliphatic carbocycles. The summed E-state index contributed by atoms with van der Waals surface area (Å²) in [5.41, 5.74) is 6.47. The Kier molecular flexibility index (Phi) is 4.58. The average Bonchev–Trinajstić information content (AvgIpc) is 2.03. The summed E-state index contributed by atoms with van der Waals surface area (Å²) in [7, 11) is -3.11. The Labute approximate surface area is 90.6 Å². The van der Waals surface area contributed by atoms with Crippen molar-refractivity contribution in [2.75, 3.05) is 6.26 Å². The lowest BCUT2D eigenvalue weighted by Crippen LogP contribution is -2.06. The van der Waals surface area contributed by atoms with Crippen LogP contribution in [0.5, 0.6) is 0 Å². The minimum atomic E-state index is -3.11. The van der Waals surface area contributed by atoms with Gasteiger partial charge in [-0.05, 0) is 24.6 Å². The van der Waals surface area contributed by atoms with E-state index < -0.39 is 9.84 Å². The third-order valence-corrected chi connectivity index (χ3v) is 2.92. The Balaban J connectivity index is 0.00000169. The molecule has 0 saturated heterocycles. The van der Waals surface area contributed by atoms with Gasteiger partial charge >= 0.3 is 0 Å². The highest BCUT2D eigenvalue weighted by molar-refractivity contribution is 7.90. The molecule has 14 heavy (non-hydrogen) atoms. The molecule has 2 N–H and O–H groups in total. The summed E-state index contributed by atoms with van der Waals surface area (Å²) in [4.78, 5) is 0.322. The molecule has 0 heterocycles. The van der Waals surface area contributed by atoms with Crippen LogP contribution >= 0.6 is 12.4 Å². The van der Waals surface area contributed by atoms with Gasteiger partial charge in [-0.2, -0.15) is 0 Å². The maximum Gasteiger partial charge on any atom is 0.175 e. The molecular weight excluding hydrogens is 222 g/mol. The predicted molar refractivity (Wildman–Crippen MR) is 59.4 cm³/mol. The Bertz CT molecular complexity index is 401. The lowest BCUT2D eigenvalue weighted by molar-refractivity contribution is 0.601. The van der Waals surface area contributed by atoms with Gasteiger partial charge in [-0.3, -0.25) is 0 Å². The van der Waals surface area contributed by atoms with Crippen molar-refractivity contribution in [3.05, 3.63) is 29.8 Å². The van der Waals surface area contributed by atoms with E-state index in [0.29, 0.717) is 4.90 Å². The molecule has 0 spiro atoms. The van der Waals surface area contributed by atoms with Crippen LogP contribution in [-0.2, 0) is 9.84 Å². The van der Waals surface area contributed by atoms with E-state index >= 15 is 0 Å². The van der Waals surface area contributed by atoms with Gasteiger partial charge in [0.2, 0.25) is 0 Å². The predicted octanol–water partition coefficient (Wildman–Crippen LogP) is 1.53. The minimum absolute atomic E-state index is 0. The molecule has 0 radical (unpaired) electrons. The van der Waals surface area contributed by atoms with Gasteiger partial charge < -0.3 is 5.73 Å². The first-order valence-corrected chi connectivity index (χ1v) is 5.86. The highest BCUT2D eigenvalue weighted by Crippen LogP contribution is 2.15. The van der Waals surface area contributed by atoms with Gasteiger partial charge in [0.25, 0.3) is 0 Å². The Morgan fingerprint density at radius 3 is 2.36 bits per heavy atom. The van der Waals surface area contributed by atoms with E-state index in [1.165, 1.54) is 6.26 Å². The van der Waals surface area contributed by atoms with Crippen LogP contribution in [-0.4, -0.2) is 14.7 Å². The van der Waals surface area contributed by atoms with Crippen LogP contribution in [0.15, 0.2) is 29.2 Å². The SMILES string of the molecule is CC(N)c1cccc(S(C)(=O)=O)c1.Cl. The van der Waals surface area contributed by atoms with Crippen LogP contribution < -0.4 is 5.73 Å². The third kappa shape index (κ3) is 3.29. The second-order valence-electron chi connectivity index (χ2n) is 3.13. The molecule has 0 aliphatic heterocycles.